The highest BCUT2D eigenvalue weighted by Crippen LogP contribution is 2.30. The molecule has 1 N–H and O–H groups in total. The fourth-order valence-corrected chi connectivity index (χ4v) is 3.78. The van der Waals surface area contributed by atoms with Gasteiger partial charge in [-0.1, -0.05) is 20.8 Å². The predicted molar refractivity (Wildman–Crippen MR) is 75.8 cm³/mol. The second kappa shape index (κ2) is 5.96. The van der Waals surface area contributed by atoms with Crippen molar-refractivity contribution in [1.82, 2.24) is 5.32 Å². The smallest absolute Gasteiger partial charge is 0.315 e. The fourth-order valence-electron chi connectivity index (χ4n) is 1.93. The van der Waals surface area contributed by atoms with E-state index < -0.39 is 21.6 Å². The normalized spacial score (nSPS) is 15.0. The van der Waals surface area contributed by atoms with Crippen LogP contribution in [-0.4, -0.2) is 27.3 Å². The van der Waals surface area contributed by atoms with E-state index in [1.807, 2.05) is 20.8 Å². The molecule has 1 unspecified atom stereocenters. The Balaban J connectivity index is 3.04. The molecule has 0 aliphatic rings. The molecule has 7 heteroatoms. The molecule has 0 saturated carbocycles. The molecule has 21 heavy (non-hydrogen) atoms. The van der Waals surface area contributed by atoms with Crippen LogP contribution in [0.4, 0.5) is 13.2 Å². The first kappa shape index (κ1) is 18.0. The minimum Gasteiger partial charge on any atom is -0.315 e. The summed E-state index contributed by atoms with van der Waals surface area (Å²) in [6, 6.07) is 3.29. The summed E-state index contributed by atoms with van der Waals surface area (Å²) in [5, 5.41) is 2.94. The van der Waals surface area contributed by atoms with E-state index in [9.17, 15) is 21.6 Å². The molecule has 0 bridgehead atoms. The number of hydrogen-bond donors (Lipinski definition) is 1. The molecule has 0 spiro atoms. The van der Waals surface area contributed by atoms with E-state index in [2.05, 4.69) is 5.32 Å². The summed E-state index contributed by atoms with van der Waals surface area (Å²) in [6.45, 7) is 5.70. The van der Waals surface area contributed by atoms with Crippen LogP contribution in [0.15, 0.2) is 29.2 Å². The maximum absolute atomic E-state index is 12.5. The Bertz CT molecular complexity index is 572. The Kier molecular flexibility index (Phi) is 5.10. The summed E-state index contributed by atoms with van der Waals surface area (Å²) < 4.78 is 62.0. The lowest BCUT2D eigenvalue weighted by molar-refractivity contribution is -0.137. The van der Waals surface area contributed by atoms with Crippen LogP contribution in [0.3, 0.4) is 0 Å². The first-order valence-electron chi connectivity index (χ1n) is 6.45. The highest BCUT2D eigenvalue weighted by molar-refractivity contribution is 7.91. The molecule has 0 saturated heterocycles. The van der Waals surface area contributed by atoms with Gasteiger partial charge in [0.2, 0.25) is 0 Å². The minimum atomic E-state index is -4.47. The number of sulfone groups is 1. The van der Waals surface area contributed by atoms with Crippen molar-refractivity contribution in [2.75, 3.05) is 12.8 Å². The molecule has 0 radical (unpaired) electrons. The van der Waals surface area contributed by atoms with Crippen molar-refractivity contribution in [3.63, 3.8) is 0 Å². The molecule has 0 aliphatic carbocycles. The van der Waals surface area contributed by atoms with Gasteiger partial charge in [-0.3, -0.25) is 0 Å². The molecule has 1 rings (SSSR count). The molecule has 3 nitrogen and oxygen atoms in total. The average molecular weight is 323 g/mol. The van der Waals surface area contributed by atoms with E-state index in [-0.39, 0.29) is 22.1 Å². The second-order valence-electron chi connectivity index (χ2n) is 6.01. The van der Waals surface area contributed by atoms with Crippen LogP contribution < -0.4 is 5.32 Å². The Morgan fingerprint density at radius 1 is 1.10 bits per heavy atom. The third kappa shape index (κ3) is 4.71. The monoisotopic (exact) mass is 323 g/mol. The summed E-state index contributed by atoms with van der Waals surface area (Å²) in [4.78, 5) is -0.0972. The third-order valence-corrected chi connectivity index (χ3v) is 5.08. The zero-order valence-corrected chi connectivity index (χ0v) is 13.3. The van der Waals surface area contributed by atoms with Crippen LogP contribution in [0, 0.1) is 5.41 Å². The lowest BCUT2D eigenvalue weighted by Crippen LogP contribution is -2.43. The maximum Gasteiger partial charge on any atom is 0.416 e. The van der Waals surface area contributed by atoms with Gasteiger partial charge in [0.1, 0.15) is 0 Å². The van der Waals surface area contributed by atoms with Gasteiger partial charge in [0.25, 0.3) is 0 Å². The Labute approximate surface area is 123 Å². The van der Waals surface area contributed by atoms with Crippen molar-refractivity contribution in [1.29, 1.82) is 0 Å². The number of halogens is 3. The fraction of sp³-hybridized carbons (Fsp3) is 0.571. The lowest BCUT2D eigenvalue weighted by atomic mass is 9.88. The van der Waals surface area contributed by atoms with Gasteiger partial charge in [0, 0.05) is 6.04 Å². The standard InChI is InChI=1S/C14H20F3NO2S/c1-13(2,3)12(18-4)9-21(19,20)11-7-5-10(6-8-11)14(15,16)17/h5-8,12,18H,9H2,1-4H3. The molecule has 0 fully saturated rings. The van der Waals surface area contributed by atoms with Crippen molar-refractivity contribution in [2.45, 2.75) is 37.9 Å². The lowest BCUT2D eigenvalue weighted by Gasteiger charge is -2.30. The summed E-state index contributed by atoms with van der Waals surface area (Å²) >= 11 is 0. The third-order valence-electron chi connectivity index (χ3n) is 3.32. The van der Waals surface area contributed by atoms with Gasteiger partial charge < -0.3 is 5.32 Å². The van der Waals surface area contributed by atoms with Gasteiger partial charge >= 0.3 is 6.18 Å². The Hall–Kier alpha value is -1.08. The Morgan fingerprint density at radius 2 is 1.57 bits per heavy atom. The molecular weight excluding hydrogens is 303 g/mol. The summed E-state index contributed by atoms with van der Waals surface area (Å²) in [6.07, 6.45) is -4.47. The maximum atomic E-state index is 12.5. The number of alkyl halides is 3. The van der Waals surface area contributed by atoms with Crippen LogP contribution in [0.25, 0.3) is 0 Å². The first-order chi connectivity index (χ1) is 9.38. The zero-order chi connectivity index (χ0) is 16.5. The average Bonchev–Trinajstić information content (AvgIpc) is 2.34. The molecule has 1 aromatic rings. The van der Waals surface area contributed by atoms with Crippen molar-refractivity contribution >= 4 is 9.84 Å². The van der Waals surface area contributed by atoms with Gasteiger partial charge in [-0.25, -0.2) is 8.42 Å². The molecule has 120 valence electrons. The zero-order valence-electron chi connectivity index (χ0n) is 12.5. The van der Waals surface area contributed by atoms with Gasteiger partial charge in [-0.2, -0.15) is 13.2 Å². The quantitative estimate of drug-likeness (QED) is 0.926. The molecule has 1 atom stereocenters. The largest absolute Gasteiger partial charge is 0.416 e. The number of rotatable bonds is 4. The molecule has 1 aromatic carbocycles. The van der Waals surface area contributed by atoms with Gasteiger partial charge in [-0.15, -0.1) is 0 Å². The summed E-state index contributed by atoms with van der Waals surface area (Å²) in [5.74, 6) is -0.168. The summed E-state index contributed by atoms with van der Waals surface area (Å²) in [5.41, 5.74) is -1.14. The first-order valence-corrected chi connectivity index (χ1v) is 8.10. The van der Waals surface area contributed by atoms with E-state index in [1.54, 1.807) is 7.05 Å². The Morgan fingerprint density at radius 3 is 1.90 bits per heavy atom. The van der Waals surface area contributed by atoms with Crippen LogP contribution in [-0.2, 0) is 16.0 Å². The van der Waals surface area contributed by atoms with Crippen molar-refractivity contribution in [3.05, 3.63) is 29.8 Å². The second-order valence-corrected chi connectivity index (χ2v) is 8.05. The van der Waals surface area contributed by atoms with Crippen LogP contribution >= 0.6 is 0 Å². The number of nitrogens with one attached hydrogen (secondary N) is 1. The van der Waals surface area contributed by atoms with Gasteiger partial charge in [-0.05, 0) is 36.7 Å². The summed E-state index contributed by atoms with van der Waals surface area (Å²) in [7, 11) is -1.98. The molecule has 0 aromatic heterocycles. The highest BCUT2D eigenvalue weighted by Gasteiger charge is 2.32. The molecule has 0 amide bonds. The highest BCUT2D eigenvalue weighted by atomic mass is 32.2. The predicted octanol–water partition coefficient (Wildman–Crippen LogP) is 3.11. The van der Waals surface area contributed by atoms with E-state index in [0.717, 1.165) is 24.3 Å². The van der Waals surface area contributed by atoms with Crippen molar-refractivity contribution < 1.29 is 21.6 Å². The van der Waals surface area contributed by atoms with E-state index in [1.165, 1.54) is 0 Å². The SMILES string of the molecule is CNC(CS(=O)(=O)c1ccc(C(F)(F)F)cc1)C(C)(C)C. The van der Waals surface area contributed by atoms with E-state index in [0.29, 0.717) is 0 Å². The van der Waals surface area contributed by atoms with Crippen LogP contribution in [0.1, 0.15) is 26.3 Å². The molecule has 0 aliphatic heterocycles. The van der Waals surface area contributed by atoms with E-state index in [4.69, 9.17) is 0 Å². The molecule has 0 heterocycles. The van der Waals surface area contributed by atoms with E-state index >= 15 is 0 Å². The van der Waals surface area contributed by atoms with Crippen LogP contribution in [0.2, 0.25) is 0 Å². The van der Waals surface area contributed by atoms with Crippen LogP contribution in [0.5, 0.6) is 0 Å². The number of benzene rings is 1. The molecular formula is C14H20F3NO2S. The number of hydrogen-bond acceptors (Lipinski definition) is 3. The van der Waals surface area contributed by atoms with Gasteiger partial charge in [0.05, 0.1) is 16.2 Å². The minimum absolute atomic E-state index is 0.0972. The van der Waals surface area contributed by atoms with Crippen molar-refractivity contribution in [2.24, 2.45) is 5.41 Å². The van der Waals surface area contributed by atoms with Gasteiger partial charge in [0.15, 0.2) is 9.84 Å². The topological polar surface area (TPSA) is 46.2 Å². The van der Waals surface area contributed by atoms with Crippen molar-refractivity contribution in [3.8, 4) is 0 Å².